The van der Waals surface area contributed by atoms with E-state index in [1.807, 2.05) is 36.5 Å². The predicted octanol–water partition coefficient (Wildman–Crippen LogP) is 3.84. The second-order valence-electron chi connectivity index (χ2n) is 5.87. The largest absolute Gasteiger partial charge is 0.494 e. The maximum Gasteiger partial charge on any atom is 0.331 e. The fraction of sp³-hybridized carbons (Fsp3) is 0.143. The number of methoxy groups -OCH3 is 1. The number of carbonyl (C=O) groups excluding carboxylic acids is 1. The Morgan fingerprint density at radius 2 is 2.00 bits per heavy atom. The van der Waals surface area contributed by atoms with Gasteiger partial charge in [0.1, 0.15) is 6.61 Å². The Balaban J connectivity index is 1.52. The van der Waals surface area contributed by atoms with Gasteiger partial charge >= 0.3 is 5.97 Å². The Kier molecular flexibility index (Phi) is 5.99. The molecule has 6 heteroatoms. The second kappa shape index (κ2) is 8.80. The average molecular weight is 366 g/mol. The molecule has 0 saturated carbocycles. The first-order valence-electron chi connectivity index (χ1n) is 8.37. The summed E-state index contributed by atoms with van der Waals surface area (Å²) in [5, 5.41) is 4.27. The molecule has 2 aromatic carbocycles. The maximum absolute atomic E-state index is 13.6. The molecular formula is C21H19FN2O3. The highest BCUT2D eigenvalue weighted by Gasteiger charge is 2.05. The van der Waals surface area contributed by atoms with Gasteiger partial charge in [0.25, 0.3) is 0 Å². The fourth-order valence-electron chi connectivity index (χ4n) is 2.49. The zero-order chi connectivity index (χ0) is 19.1. The van der Waals surface area contributed by atoms with Crippen LogP contribution in [0.1, 0.15) is 16.7 Å². The zero-order valence-corrected chi connectivity index (χ0v) is 14.8. The maximum atomic E-state index is 13.6. The van der Waals surface area contributed by atoms with Crippen molar-refractivity contribution in [1.29, 1.82) is 0 Å². The van der Waals surface area contributed by atoms with Crippen LogP contribution in [0.3, 0.4) is 0 Å². The number of halogens is 1. The third-order valence-electron chi connectivity index (χ3n) is 3.85. The normalized spacial score (nSPS) is 10.9. The lowest BCUT2D eigenvalue weighted by Gasteiger charge is -2.05. The van der Waals surface area contributed by atoms with Gasteiger partial charge in [0.2, 0.25) is 0 Å². The molecule has 3 aromatic rings. The van der Waals surface area contributed by atoms with Gasteiger partial charge in [-0.15, -0.1) is 0 Å². The van der Waals surface area contributed by atoms with Crippen molar-refractivity contribution in [2.75, 3.05) is 7.11 Å². The van der Waals surface area contributed by atoms with E-state index in [0.29, 0.717) is 12.1 Å². The van der Waals surface area contributed by atoms with Gasteiger partial charge in [-0.3, -0.25) is 4.68 Å². The number of ether oxygens (including phenoxy) is 2. The fourth-order valence-corrected chi connectivity index (χ4v) is 2.49. The third kappa shape index (κ3) is 5.28. The SMILES string of the molecule is COc1ccc(COC(=O)/C=C/c2cnn(Cc3ccccc3)c2)cc1F. The molecule has 1 heterocycles. The van der Waals surface area contributed by atoms with Crippen molar-refractivity contribution in [2.24, 2.45) is 0 Å². The monoisotopic (exact) mass is 366 g/mol. The van der Waals surface area contributed by atoms with Crippen LogP contribution in [0.2, 0.25) is 0 Å². The Bertz CT molecular complexity index is 936. The summed E-state index contributed by atoms with van der Waals surface area (Å²) in [6.45, 7) is 0.638. The lowest BCUT2D eigenvalue weighted by atomic mass is 10.2. The molecule has 0 radical (unpaired) electrons. The van der Waals surface area contributed by atoms with Crippen LogP contribution in [-0.2, 0) is 22.7 Å². The van der Waals surface area contributed by atoms with Crippen LogP contribution in [0.25, 0.3) is 6.08 Å². The summed E-state index contributed by atoms with van der Waals surface area (Å²) in [6.07, 6.45) is 6.47. The van der Waals surface area contributed by atoms with Gasteiger partial charge in [-0.2, -0.15) is 5.10 Å². The van der Waals surface area contributed by atoms with Crippen LogP contribution in [0.15, 0.2) is 67.0 Å². The van der Waals surface area contributed by atoms with Crippen LogP contribution < -0.4 is 4.74 Å². The molecule has 0 atom stereocenters. The number of hydrogen-bond acceptors (Lipinski definition) is 4. The Hall–Kier alpha value is -3.41. The van der Waals surface area contributed by atoms with Gasteiger partial charge in [-0.25, -0.2) is 9.18 Å². The molecule has 5 nitrogen and oxygen atoms in total. The smallest absolute Gasteiger partial charge is 0.331 e. The topological polar surface area (TPSA) is 53.4 Å². The van der Waals surface area contributed by atoms with Crippen molar-refractivity contribution in [3.8, 4) is 5.75 Å². The van der Waals surface area contributed by atoms with Gasteiger partial charge in [0.15, 0.2) is 11.6 Å². The summed E-state index contributed by atoms with van der Waals surface area (Å²) in [7, 11) is 1.39. The van der Waals surface area contributed by atoms with E-state index in [4.69, 9.17) is 9.47 Å². The molecule has 0 N–H and O–H groups in total. The summed E-state index contributed by atoms with van der Waals surface area (Å²) in [5.41, 5.74) is 2.48. The number of rotatable bonds is 7. The van der Waals surface area contributed by atoms with E-state index in [9.17, 15) is 9.18 Å². The van der Waals surface area contributed by atoms with Gasteiger partial charge in [-0.1, -0.05) is 36.4 Å². The summed E-state index contributed by atoms with van der Waals surface area (Å²) < 4.78 is 25.4. The lowest BCUT2D eigenvalue weighted by molar-refractivity contribution is -0.138. The summed E-state index contributed by atoms with van der Waals surface area (Å²) in [4.78, 5) is 11.8. The number of nitrogens with zero attached hydrogens (tertiary/aromatic N) is 2. The number of benzene rings is 2. The van der Waals surface area contributed by atoms with Crippen molar-refractivity contribution in [2.45, 2.75) is 13.2 Å². The third-order valence-corrected chi connectivity index (χ3v) is 3.85. The van der Waals surface area contributed by atoms with E-state index < -0.39 is 11.8 Å². The minimum atomic E-state index is -0.512. The van der Waals surface area contributed by atoms with E-state index in [2.05, 4.69) is 5.10 Å². The van der Waals surface area contributed by atoms with Crippen molar-refractivity contribution >= 4 is 12.0 Å². The molecule has 3 rings (SSSR count). The molecule has 0 aliphatic rings. The van der Waals surface area contributed by atoms with Crippen molar-refractivity contribution in [1.82, 2.24) is 9.78 Å². The number of carbonyl (C=O) groups is 1. The van der Waals surface area contributed by atoms with Crippen LogP contribution in [-0.4, -0.2) is 22.9 Å². The zero-order valence-electron chi connectivity index (χ0n) is 14.8. The van der Waals surface area contributed by atoms with Gasteiger partial charge in [0, 0.05) is 17.8 Å². The number of hydrogen-bond donors (Lipinski definition) is 0. The molecule has 0 amide bonds. The molecule has 0 aliphatic heterocycles. The minimum Gasteiger partial charge on any atom is -0.494 e. The summed E-state index contributed by atoms with van der Waals surface area (Å²) in [5.74, 6) is -0.855. The first-order valence-corrected chi connectivity index (χ1v) is 8.37. The molecule has 138 valence electrons. The molecule has 0 fully saturated rings. The first-order chi connectivity index (χ1) is 13.1. The highest BCUT2D eigenvalue weighted by Crippen LogP contribution is 2.18. The van der Waals surface area contributed by atoms with Crippen LogP contribution in [0.5, 0.6) is 5.75 Å². The van der Waals surface area contributed by atoms with Crippen molar-refractivity contribution < 1.29 is 18.7 Å². The van der Waals surface area contributed by atoms with Crippen molar-refractivity contribution in [3.05, 3.63) is 89.5 Å². The Morgan fingerprint density at radius 3 is 2.74 bits per heavy atom. The standard InChI is InChI=1S/C21H19FN2O3/c1-26-20-9-7-17(11-19(20)22)15-27-21(25)10-8-18-12-23-24(14-18)13-16-5-3-2-4-6-16/h2-12,14H,13,15H2,1H3/b10-8+. The predicted molar refractivity (Wildman–Crippen MR) is 99.6 cm³/mol. The highest BCUT2D eigenvalue weighted by atomic mass is 19.1. The molecular weight excluding hydrogens is 347 g/mol. The van der Waals surface area contributed by atoms with Crippen LogP contribution in [0, 0.1) is 5.82 Å². The summed E-state index contributed by atoms with van der Waals surface area (Å²) >= 11 is 0. The van der Waals surface area contributed by atoms with Gasteiger partial charge in [-0.05, 0) is 29.3 Å². The number of esters is 1. The Labute approximate surface area is 156 Å². The molecule has 27 heavy (non-hydrogen) atoms. The molecule has 0 aliphatic carbocycles. The molecule has 0 saturated heterocycles. The van der Waals surface area contributed by atoms with E-state index in [1.165, 1.54) is 25.3 Å². The van der Waals surface area contributed by atoms with Crippen LogP contribution in [0.4, 0.5) is 4.39 Å². The van der Waals surface area contributed by atoms with E-state index >= 15 is 0 Å². The molecule has 0 bridgehead atoms. The van der Waals surface area contributed by atoms with Crippen LogP contribution >= 0.6 is 0 Å². The average Bonchev–Trinajstić information content (AvgIpc) is 3.13. The number of aromatic nitrogens is 2. The first kappa shape index (κ1) is 18.4. The quantitative estimate of drug-likeness (QED) is 0.471. The highest BCUT2D eigenvalue weighted by molar-refractivity contribution is 5.86. The lowest BCUT2D eigenvalue weighted by Crippen LogP contribution is -2.01. The molecule has 1 aromatic heterocycles. The van der Waals surface area contributed by atoms with E-state index in [-0.39, 0.29) is 12.4 Å². The minimum absolute atomic E-state index is 0.0165. The molecule has 0 unspecified atom stereocenters. The Morgan fingerprint density at radius 1 is 1.19 bits per heavy atom. The van der Waals surface area contributed by atoms with Gasteiger partial charge in [0.05, 0.1) is 19.9 Å². The second-order valence-corrected chi connectivity index (χ2v) is 5.87. The van der Waals surface area contributed by atoms with E-state index in [0.717, 1.165) is 11.1 Å². The van der Waals surface area contributed by atoms with Gasteiger partial charge < -0.3 is 9.47 Å². The van der Waals surface area contributed by atoms with E-state index in [1.54, 1.807) is 23.0 Å². The summed E-state index contributed by atoms with van der Waals surface area (Å²) in [6, 6.07) is 14.4. The molecule has 0 spiro atoms. The van der Waals surface area contributed by atoms with Crippen molar-refractivity contribution in [3.63, 3.8) is 0 Å².